The molecule has 0 aliphatic rings. The van der Waals surface area contributed by atoms with E-state index >= 15 is 0 Å². The van der Waals surface area contributed by atoms with Crippen molar-refractivity contribution in [2.45, 2.75) is 6.18 Å². The van der Waals surface area contributed by atoms with Crippen molar-refractivity contribution in [3.63, 3.8) is 0 Å². The number of nitrogens with zero attached hydrogens (tertiary/aromatic N) is 2. The fourth-order valence-electron chi connectivity index (χ4n) is 0.182. The van der Waals surface area contributed by atoms with Crippen LogP contribution >= 0.6 is 0 Å². The van der Waals surface area contributed by atoms with Gasteiger partial charge in [-0.15, -0.1) is 10.2 Å². The van der Waals surface area contributed by atoms with Crippen molar-refractivity contribution in [3.05, 3.63) is 0 Å². The smallest absolute Gasteiger partial charge is 0.241 e. The zero-order valence-corrected chi connectivity index (χ0v) is 5.37. The summed E-state index contributed by atoms with van der Waals surface area (Å²) in [5, 5.41) is 3.74. The lowest BCUT2D eigenvalue weighted by Gasteiger charge is -1.97. The molecule has 0 aliphatic carbocycles. The lowest BCUT2D eigenvalue weighted by atomic mass is 10.7. The molecule has 8 heteroatoms. The Bertz CT molecular complexity index is 204. The van der Waals surface area contributed by atoms with Crippen LogP contribution in [0.3, 0.4) is 0 Å². The van der Waals surface area contributed by atoms with Gasteiger partial charge in [-0.1, -0.05) is 0 Å². The molecule has 0 saturated heterocycles. The SMILES string of the molecule is FCC(F)=NN=C(F)C(F)(F)F. The van der Waals surface area contributed by atoms with Crippen LogP contribution in [0.1, 0.15) is 0 Å². The number of rotatable bonds is 2. The van der Waals surface area contributed by atoms with Gasteiger partial charge < -0.3 is 0 Å². The topological polar surface area (TPSA) is 24.7 Å². The first-order valence-corrected chi connectivity index (χ1v) is 2.46. The Kier molecular flexibility index (Phi) is 3.71. The third-order valence-electron chi connectivity index (χ3n) is 0.590. The molecule has 0 aromatic heterocycles. The summed E-state index contributed by atoms with van der Waals surface area (Å²) in [4.78, 5) is 0. The van der Waals surface area contributed by atoms with Crippen molar-refractivity contribution in [2.24, 2.45) is 10.2 Å². The Morgan fingerprint density at radius 3 is 1.92 bits per heavy atom. The third-order valence-corrected chi connectivity index (χ3v) is 0.590. The van der Waals surface area contributed by atoms with Crippen LogP contribution in [0.4, 0.5) is 26.3 Å². The van der Waals surface area contributed by atoms with Crippen LogP contribution in [0.25, 0.3) is 0 Å². The van der Waals surface area contributed by atoms with E-state index in [4.69, 9.17) is 0 Å². The van der Waals surface area contributed by atoms with Gasteiger partial charge >= 0.3 is 12.1 Å². The molecule has 0 rings (SSSR count). The molecule has 0 fully saturated rings. The third kappa shape index (κ3) is 3.94. The number of hydrogen-bond donors (Lipinski definition) is 0. The molecule has 0 radical (unpaired) electrons. The first-order valence-electron chi connectivity index (χ1n) is 2.46. The van der Waals surface area contributed by atoms with Gasteiger partial charge in [0.15, 0.2) is 6.67 Å². The summed E-state index contributed by atoms with van der Waals surface area (Å²) < 4.78 is 68.0. The Hall–Kier alpha value is -1.08. The maximum Gasteiger partial charge on any atom is 0.463 e. The molecule has 0 heterocycles. The highest BCUT2D eigenvalue weighted by Crippen LogP contribution is 2.18. The maximum absolute atomic E-state index is 11.6. The van der Waals surface area contributed by atoms with Crippen LogP contribution in [0.15, 0.2) is 10.2 Å². The van der Waals surface area contributed by atoms with Crippen molar-refractivity contribution in [1.82, 2.24) is 0 Å². The molecule has 0 N–H and O–H groups in total. The van der Waals surface area contributed by atoms with Gasteiger partial charge in [-0.25, -0.2) is 4.39 Å². The highest BCUT2D eigenvalue weighted by molar-refractivity contribution is 5.82. The van der Waals surface area contributed by atoms with Crippen LogP contribution in [-0.2, 0) is 0 Å². The van der Waals surface area contributed by atoms with E-state index in [9.17, 15) is 26.3 Å². The second-order valence-electron chi connectivity index (χ2n) is 1.50. The van der Waals surface area contributed by atoms with Gasteiger partial charge in [-0.05, 0) is 0 Å². The Balaban J connectivity index is 4.39. The largest absolute Gasteiger partial charge is 0.463 e. The van der Waals surface area contributed by atoms with E-state index in [1.807, 2.05) is 5.10 Å². The zero-order chi connectivity index (χ0) is 9.78. The molecule has 2 nitrogen and oxygen atoms in total. The van der Waals surface area contributed by atoms with Gasteiger partial charge in [-0.3, -0.25) is 0 Å². The van der Waals surface area contributed by atoms with Crippen molar-refractivity contribution in [1.29, 1.82) is 0 Å². The second-order valence-corrected chi connectivity index (χ2v) is 1.50. The Labute approximate surface area is 62.6 Å². The monoisotopic (exact) mass is 192 g/mol. The average Bonchev–Trinajstić information content (AvgIpc) is 1.97. The predicted molar refractivity (Wildman–Crippen MR) is 29.1 cm³/mol. The fraction of sp³-hybridized carbons (Fsp3) is 0.500. The summed E-state index contributed by atoms with van der Waals surface area (Å²) in [7, 11) is 0. The molecule has 0 aliphatic heterocycles. The molecule has 0 unspecified atom stereocenters. The summed E-state index contributed by atoms with van der Waals surface area (Å²) in [5.74, 6) is -4.65. The molecule has 0 atom stereocenters. The molecule has 12 heavy (non-hydrogen) atoms. The van der Waals surface area contributed by atoms with Crippen LogP contribution in [0, 0.1) is 0 Å². The highest BCUT2D eigenvalue weighted by Gasteiger charge is 2.37. The molecule has 70 valence electrons. The zero-order valence-electron chi connectivity index (χ0n) is 5.37. The van der Waals surface area contributed by atoms with Crippen LogP contribution in [-0.4, -0.2) is 24.8 Å². The minimum atomic E-state index is -5.32. The van der Waals surface area contributed by atoms with E-state index in [0.29, 0.717) is 0 Å². The van der Waals surface area contributed by atoms with Gasteiger partial charge in [0, 0.05) is 0 Å². The first kappa shape index (κ1) is 10.9. The van der Waals surface area contributed by atoms with Crippen molar-refractivity contribution in [2.75, 3.05) is 6.67 Å². The van der Waals surface area contributed by atoms with Crippen molar-refractivity contribution >= 4 is 11.9 Å². The summed E-state index contributed by atoms with van der Waals surface area (Å²) in [5.41, 5.74) is 0. The molecule has 0 amide bonds. The average molecular weight is 192 g/mol. The van der Waals surface area contributed by atoms with Gasteiger partial charge in [0.05, 0.1) is 0 Å². The lowest BCUT2D eigenvalue weighted by molar-refractivity contribution is -0.0675. The van der Waals surface area contributed by atoms with E-state index < -0.39 is 24.8 Å². The van der Waals surface area contributed by atoms with E-state index in [0.717, 1.165) is 0 Å². The predicted octanol–water partition coefficient (Wildman–Crippen LogP) is 2.17. The second kappa shape index (κ2) is 4.07. The molecule has 0 aromatic carbocycles. The normalized spacial score (nSPS) is 15.2. The van der Waals surface area contributed by atoms with Gasteiger partial charge in [-0.2, -0.15) is 22.0 Å². The fourth-order valence-corrected chi connectivity index (χ4v) is 0.182. The van der Waals surface area contributed by atoms with Crippen LogP contribution < -0.4 is 0 Å². The Morgan fingerprint density at radius 2 is 1.58 bits per heavy atom. The Morgan fingerprint density at radius 1 is 1.08 bits per heavy atom. The number of alkyl halides is 4. The van der Waals surface area contributed by atoms with E-state index in [-0.39, 0.29) is 0 Å². The molecule has 0 bridgehead atoms. The van der Waals surface area contributed by atoms with Gasteiger partial charge in [0.25, 0.3) is 0 Å². The standard InChI is InChI=1S/C4H2F6N2/c5-1-2(6)11-12-3(7)4(8,9)10/h1H2. The maximum atomic E-state index is 11.6. The first-order chi connectivity index (χ1) is 5.38. The van der Waals surface area contributed by atoms with E-state index in [1.54, 1.807) is 5.10 Å². The summed E-state index contributed by atoms with van der Waals surface area (Å²) in [6.45, 7) is -1.73. The number of halogens is 6. The van der Waals surface area contributed by atoms with Crippen molar-refractivity contribution in [3.8, 4) is 0 Å². The summed E-state index contributed by atoms with van der Waals surface area (Å²) in [6, 6.07) is 0. The van der Waals surface area contributed by atoms with Crippen LogP contribution in [0.2, 0.25) is 0 Å². The van der Waals surface area contributed by atoms with Crippen molar-refractivity contribution < 1.29 is 26.3 Å². The summed E-state index contributed by atoms with van der Waals surface area (Å²) in [6.07, 6.45) is -5.32. The lowest BCUT2D eigenvalue weighted by Crippen LogP contribution is -2.17. The number of hydrogen-bond acceptors (Lipinski definition) is 2. The van der Waals surface area contributed by atoms with Crippen LogP contribution in [0.5, 0.6) is 0 Å². The van der Waals surface area contributed by atoms with Gasteiger partial charge in [0.2, 0.25) is 5.97 Å². The minimum Gasteiger partial charge on any atom is -0.241 e. The molecular weight excluding hydrogens is 190 g/mol. The summed E-state index contributed by atoms with van der Waals surface area (Å²) >= 11 is 0. The highest BCUT2D eigenvalue weighted by atomic mass is 19.4. The molecular formula is C4H2F6N2. The molecule has 0 saturated carbocycles. The molecule has 0 spiro atoms. The van der Waals surface area contributed by atoms with E-state index in [2.05, 4.69) is 0 Å². The minimum absolute atomic E-state index is 1.73. The molecule has 0 aromatic rings. The van der Waals surface area contributed by atoms with Gasteiger partial charge in [0.1, 0.15) is 0 Å². The quantitative estimate of drug-likeness (QED) is 0.364. The van der Waals surface area contributed by atoms with E-state index in [1.165, 1.54) is 0 Å².